The first-order valence-corrected chi connectivity index (χ1v) is 6.80. The van der Waals surface area contributed by atoms with Gasteiger partial charge in [0, 0.05) is 6.04 Å². The SMILES string of the molecule is Cc1ccc(C(=O)NC(C)Cc2ccc(F)cc2)c(O)c1. The van der Waals surface area contributed by atoms with Crippen LogP contribution in [0.1, 0.15) is 28.4 Å². The first-order chi connectivity index (χ1) is 9.95. The Morgan fingerprint density at radius 2 is 1.90 bits per heavy atom. The maximum atomic E-state index is 12.8. The number of carbonyl (C=O) groups is 1. The van der Waals surface area contributed by atoms with Gasteiger partial charge in [-0.05, 0) is 55.7 Å². The zero-order valence-electron chi connectivity index (χ0n) is 12.1. The third kappa shape index (κ3) is 4.05. The van der Waals surface area contributed by atoms with Gasteiger partial charge in [0.25, 0.3) is 5.91 Å². The minimum Gasteiger partial charge on any atom is -0.507 e. The quantitative estimate of drug-likeness (QED) is 0.907. The van der Waals surface area contributed by atoms with Gasteiger partial charge < -0.3 is 10.4 Å². The van der Waals surface area contributed by atoms with Crippen molar-refractivity contribution < 1.29 is 14.3 Å². The molecule has 0 aliphatic rings. The summed E-state index contributed by atoms with van der Waals surface area (Å²) in [5, 5.41) is 12.6. The summed E-state index contributed by atoms with van der Waals surface area (Å²) < 4.78 is 12.8. The van der Waals surface area contributed by atoms with E-state index in [9.17, 15) is 14.3 Å². The van der Waals surface area contributed by atoms with E-state index in [4.69, 9.17) is 0 Å². The van der Waals surface area contributed by atoms with Gasteiger partial charge in [-0.2, -0.15) is 0 Å². The fourth-order valence-electron chi connectivity index (χ4n) is 2.16. The van der Waals surface area contributed by atoms with Crippen LogP contribution < -0.4 is 5.32 Å². The van der Waals surface area contributed by atoms with E-state index in [-0.39, 0.29) is 29.1 Å². The Bertz CT molecular complexity index is 638. The second-order valence-electron chi connectivity index (χ2n) is 5.23. The molecule has 0 spiro atoms. The molecule has 0 aromatic heterocycles. The van der Waals surface area contributed by atoms with E-state index in [2.05, 4.69) is 5.32 Å². The van der Waals surface area contributed by atoms with E-state index in [0.717, 1.165) is 11.1 Å². The number of phenols is 1. The summed E-state index contributed by atoms with van der Waals surface area (Å²) in [5.74, 6) is -0.622. The Hall–Kier alpha value is -2.36. The highest BCUT2D eigenvalue weighted by molar-refractivity contribution is 5.97. The Labute approximate surface area is 123 Å². The van der Waals surface area contributed by atoms with E-state index >= 15 is 0 Å². The highest BCUT2D eigenvalue weighted by Gasteiger charge is 2.14. The lowest BCUT2D eigenvalue weighted by Gasteiger charge is -2.15. The number of nitrogens with one attached hydrogen (secondary N) is 1. The fraction of sp³-hybridized carbons (Fsp3) is 0.235. The lowest BCUT2D eigenvalue weighted by molar-refractivity contribution is 0.0937. The molecule has 21 heavy (non-hydrogen) atoms. The molecule has 0 saturated heterocycles. The molecule has 0 bridgehead atoms. The topological polar surface area (TPSA) is 49.3 Å². The number of aromatic hydroxyl groups is 1. The van der Waals surface area contributed by atoms with Gasteiger partial charge in [0.2, 0.25) is 0 Å². The van der Waals surface area contributed by atoms with Gasteiger partial charge in [0.15, 0.2) is 0 Å². The molecule has 4 heteroatoms. The Morgan fingerprint density at radius 3 is 2.52 bits per heavy atom. The van der Waals surface area contributed by atoms with Crippen LogP contribution in [0.4, 0.5) is 4.39 Å². The maximum absolute atomic E-state index is 12.8. The highest BCUT2D eigenvalue weighted by Crippen LogP contribution is 2.18. The number of amides is 1. The van der Waals surface area contributed by atoms with Gasteiger partial charge in [-0.15, -0.1) is 0 Å². The summed E-state index contributed by atoms with van der Waals surface area (Å²) in [6, 6.07) is 11.0. The molecule has 2 aromatic rings. The van der Waals surface area contributed by atoms with Gasteiger partial charge >= 0.3 is 0 Å². The molecule has 0 radical (unpaired) electrons. The summed E-state index contributed by atoms with van der Waals surface area (Å²) in [6.07, 6.45) is 0.596. The smallest absolute Gasteiger partial charge is 0.255 e. The summed E-state index contributed by atoms with van der Waals surface area (Å²) in [7, 11) is 0. The number of hydrogen-bond acceptors (Lipinski definition) is 2. The molecule has 2 N–H and O–H groups in total. The van der Waals surface area contributed by atoms with E-state index in [1.165, 1.54) is 12.1 Å². The van der Waals surface area contributed by atoms with Gasteiger partial charge in [0.05, 0.1) is 5.56 Å². The monoisotopic (exact) mass is 287 g/mol. The molecule has 3 nitrogen and oxygen atoms in total. The van der Waals surface area contributed by atoms with Crippen molar-refractivity contribution >= 4 is 5.91 Å². The molecule has 1 unspecified atom stereocenters. The van der Waals surface area contributed by atoms with Gasteiger partial charge in [-0.3, -0.25) is 4.79 Å². The molecule has 0 saturated carbocycles. The van der Waals surface area contributed by atoms with Gasteiger partial charge in [0.1, 0.15) is 11.6 Å². The fourth-order valence-corrected chi connectivity index (χ4v) is 2.16. The number of hydrogen-bond donors (Lipinski definition) is 2. The van der Waals surface area contributed by atoms with Crippen molar-refractivity contribution in [1.29, 1.82) is 0 Å². The molecule has 2 aromatic carbocycles. The molecule has 0 fully saturated rings. The van der Waals surface area contributed by atoms with Crippen LogP contribution in [0.5, 0.6) is 5.75 Å². The van der Waals surface area contributed by atoms with Crippen LogP contribution in [0, 0.1) is 12.7 Å². The second-order valence-corrected chi connectivity index (χ2v) is 5.23. The molecule has 0 aliphatic heterocycles. The molecule has 110 valence electrons. The minimum atomic E-state index is -0.317. The zero-order valence-corrected chi connectivity index (χ0v) is 12.1. The Kier molecular flexibility index (Phi) is 4.58. The van der Waals surface area contributed by atoms with Gasteiger partial charge in [-0.25, -0.2) is 4.39 Å². The molecule has 1 atom stereocenters. The summed E-state index contributed by atoms with van der Waals surface area (Å²) >= 11 is 0. The average molecular weight is 287 g/mol. The van der Waals surface area contributed by atoms with Crippen LogP contribution in [0.15, 0.2) is 42.5 Å². The van der Waals surface area contributed by atoms with Crippen LogP contribution in [0.3, 0.4) is 0 Å². The molecular formula is C17H18FNO2. The number of phenolic OH excluding ortho intramolecular Hbond substituents is 1. The van der Waals surface area contributed by atoms with E-state index in [0.29, 0.717) is 6.42 Å². The predicted molar refractivity (Wildman–Crippen MR) is 79.9 cm³/mol. The first kappa shape index (κ1) is 15.0. The van der Waals surface area contributed by atoms with Crippen LogP contribution in [-0.4, -0.2) is 17.1 Å². The largest absolute Gasteiger partial charge is 0.507 e. The molecular weight excluding hydrogens is 269 g/mol. The lowest BCUT2D eigenvalue weighted by atomic mass is 10.1. The van der Waals surface area contributed by atoms with E-state index in [1.807, 2.05) is 13.8 Å². The number of aryl methyl sites for hydroxylation is 1. The van der Waals surface area contributed by atoms with Crippen molar-refractivity contribution in [1.82, 2.24) is 5.32 Å². The summed E-state index contributed by atoms with van der Waals surface area (Å²) in [5.41, 5.74) is 2.09. The number of halogens is 1. The van der Waals surface area contributed by atoms with Crippen molar-refractivity contribution in [3.05, 3.63) is 65.0 Å². The van der Waals surface area contributed by atoms with Crippen molar-refractivity contribution in [2.45, 2.75) is 26.3 Å². The standard InChI is InChI=1S/C17H18FNO2/c1-11-3-8-15(16(20)9-11)17(21)19-12(2)10-13-4-6-14(18)7-5-13/h3-9,12,20H,10H2,1-2H3,(H,19,21). The molecule has 0 heterocycles. The zero-order chi connectivity index (χ0) is 15.4. The third-order valence-corrected chi connectivity index (χ3v) is 3.23. The van der Waals surface area contributed by atoms with Crippen molar-refractivity contribution in [2.24, 2.45) is 0 Å². The van der Waals surface area contributed by atoms with Crippen molar-refractivity contribution in [2.75, 3.05) is 0 Å². The number of carbonyl (C=O) groups excluding carboxylic acids is 1. The van der Waals surface area contributed by atoms with E-state index in [1.54, 1.807) is 30.3 Å². The second kappa shape index (κ2) is 6.39. The van der Waals surface area contributed by atoms with Crippen LogP contribution in [0.25, 0.3) is 0 Å². The van der Waals surface area contributed by atoms with Crippen molar-refractivity contribution in [3.63, 3.8) is 0 Å². The normalized spacial score (nSPS) is 12.0. The van der Waals surface area contributed by atoms with Crippen LogP contribution in [0.2, 0.25) is 0 Å². The Balaban J connectivity index is 2.00. The molecule has 0 aliphatic carbocycles. The Morgan fingerprint density at radius 1 is 1.24 bits per heavy atom. The summed E-state index contributed by atoms with van der Waals surface area (Å²) in [6.45, 7) is 3.71. The maximum Gasteiger partial charge on any atom is 0.255 e. The van der Waals surface area contributed by atoms with E-state index < -0.39 is 0 Å². The predicted octanol–water partition coefficient (Wildman–Crippen LogP) is 3.20. The first-order valence-electron chi connectivity index (χ1n) is 6.80. The molecule has 2 rings (SSSR count). The number of rotatable bonds is 4. The van der Waals surface area contributed by atoms with Crippen LogP contribution in [-0.2, 0) is 6.42 Å². The number of benzene rings is 2. The van der Waals surface area contributed by atoms with Crippen molar-refractivity contribution in [3.8, 4) is 5.75 Å². The molecule has 1 amide bonds. The summed E-state index contributed by atoms with van der Waals surface area (Å²) in [4.78, 5) is 12.1. The lowest BCUT2D eigenvalue weighted by Crippen LogP contribution is -2.34. The van der Waals surface area contributed by atoms with Gasteiger partial charge in [-0.1, -0.05) is 18.2 Å². The highest BCUT2D eigenvalue weighted by atomic mass is 19.1. The minimum absolute atomic E-state index is 0.0264. The average Bonchev–Trinajstić information content (AvgIpc) is 2.41. The third-order valence-electron chi connectivity index (χ3n) is 3.23. The van der Waals surface area contributed by atoms with Crippen LogP contribution >= 0.6 is 0 Å².